The number of hydrogen-bond donors (Lipinski definition) is 0. The Kier molecular flexibility index (Phi) is 6.00. The van der Waals surface area contributed by atoms with Crippen molar-refractivity contribution in [1.82, 2.24) is 29.2 Å². The van der Waals surface area contributed by atoms with Gasteiger partial charge in [-0.3, -0.25) is 14.0 Å². The van der Waals surface area contributed by atoms with E-state index in [2.05, 4.69) is 18.9 Å². The molecule has 2 saturated carbocycles. The molecule has 7 aliphatic rings. The van der Waals surface area contributed by atoms with Crippen molar-refractivity contribution in [3.8, 4) is 17.5 Å². The number of likely N-dealkylation sites (tertiary alicyclic amines) is 1. The van der Waals surface area contributed by atoms with Gasteiger partial charge in [0, 0.05) is 25.1 Å². The van der Waals surface area contributed by atoms with Crippen LogP contribution in [0.2, 0.25) is 0 Å². The van der Waals surface area contributed by atoms with Crippen molar-refractivity contribution < 1.29 is 23.5 Å². The summed E-state index contributed by atoms with van der Waals surface area (Å²) in [7, 11) is 3.93. The van der Waals surface area contributed by atoms with Crippen molar-refractivity contribution >= 4 is 11.2 Å². The molecule has 12 nitrogen and oxygen atoms in total. The van der Waals surface area contributed by atoms with Gasteiger partial charge in [-0.15, -0.1) is 0 Å². The van der Waals surface area contributed by atoms with Gasteiger partial charge in [0.05, 0.1) is 42.6 Å². The van der Waals surface area contributed by atoms with E-state index in [-0.39, 0.29) is 29.4 Å². The summed E-state index contributed by atoms with van der Waals surface area (Å²) in [5.74, 6) is 0.729. The average Bonchev–Trinajstić information content (AvgIpc) is 3.84. The minimum absolute atomic E-state index is 0.121. The fourth-order valence-electron chi connectivity index (χ4n) is 9.63. The second-order valence-electron chi connectivity index (χ2n) is 14.2. The standard InChI is InChI=1S/C32H42N6O6/c1-19(22-9-7-13-36(22)2)43-28-23-27(38(29(39)37(23)3)30-16-20(17-30)40-18-30)33-26(34-28)24-21-8-6-11-31(25(21)35-44-24)10-4-5-12-32(31)41-14-15-42-32/h19-20,22H,4-18H2,1-3H3/t19-,20?,22-,30?,31-/m0/s1. The second-order valence-corrected chi connectivity index (χ2v) is 14.2. The van der Waals surface area contributed by atoms with Gasteiger partial charge in [0.1, 0.15) is 6.10 Å². The molecular weight excluding hydrogens is 564 g/mol. The third-order valence-corrected chi connectivity index (χ3v) is 11.9. The molecule has 3 aliphatic carbocycles. The monoisotopic (exact) mass is 606 g/mol. The van der Waals surface area contributed by atoms with Crippen LogP contribution < -0.4 is 10.4 Å². The zero-order chi connectivity index (χ0) is 29.8. The van der Waals surface area contributed by atoms with Crippen LogP contribution in [0.4, 0.5) is 0 Å². The number of aryl methyl sites for hydroxylation is 1. The van der Waals surface area contributed by atoms with Crippen LogP contribution in [0.1, 0.15) is 82.4 Å². The fraction of sp³-hybridized carbons (Fsp3) is 0.750. The lowest BCUT2D eigenvalue weighted by molar-refractivity contribution is -0.231. The van der Waals surface area contributed by atoms with Gasteiger partial charge < -0.3 is 23.5 Å². The lowest BCUT2D eigenvalue weighted by Gasteiger charge is -2.50. The van der Waals surface area contributed by atoms with Crippen LogP contribution in [0.3, 0.4) is 0 Å². The SMILES string of the molecule is C[C@H](Oc1nc(-c2onc3c2CCC[C@@]32CCCCC23OCCO3)nc2c1n(C)c(=O)n2C12COC(C1)C2)[C@@H]1CCCN1C. The molecule has 0 amide bonds. The van der Waals surface area contributed by atoms with Gasteiger partial charge >= 0.3 is 5.69 Å². The Morgan fingerprint density at radius 2 is 1.82 bits per heavy atom. The fourth-order valence-corrected chi connectivity index (χ4v) is 9.63. The molecule has 10 rings (SSSR count). The highest BCUT2D eigenvalue weighted by atomic mass is 16.7. The van der Waals surface area contributed by atoms with Gasteiger partial charge in [0.25, 0.3) is 0 Å². The van der Waals surface area contributed by atoms with Crippen LogP contribution >= 0.6 is 0 Å². The number of fused-ring (bicyclic) bond motifs is 5. The van der Waals surface area contributed by atoms with E-state index < -0.39 is 11.3 Å². The molecule has 7 heterocycles. The van der Waals surface area contributed by atoms with Crippen molar-refractivity contribution in [3.05, 3.63) is 21.7 Å². The predicted molar refractivity (Wildman–Crippen MR) is 159 cm³/mol. The molecular formula is C32H42N6O6. The summed E-state index contributed by atoms with van der Waals surface area (Å²) in [5.41, 5.74) is 2.28. The summed E-state index contributed by atoms with van der Waals surface area (Å²) >= 11 is 0. The van der Waals surface area contributed by atoms with Crippen molar-refractivity contribution in [3.63, 3.8) is 0 Å². The van der Waals surface area contributed by atoms with Crippen LogP contribution in [0, 0.1) is 0 Å². The van der Waals surface area contributed by atoms with Crippen LogP contribution in [-0.2, 0) is 38.6 Å². The van der Waals surface area contributed by atoms with Gasteiger partial charge in [-0.25, -0.2) is 9.78 Å². The lowest BCUT2D eigenvalue weighted by Crippen LogP contribution is -2.56. The van der Waals surface area contributed by atoms with E-state index in [4.69, 9.17) is 38.6 Å². The molecule has 3 aromatic rings. The minimum atomic E-state index is -0.654. The molecule has 3 aromatic heterocycles. The van der Waals surface area contributed by atoms with Crippen molar-refractivity contribution in [2.75, 3.05) is 33.4 Å². The molecule has 0 unspecified atom stereocenters. The Balaban J connectivity index is 1.21. The zero-order valence-electron chi connectivity index (χ0n) is 26.0. The Morgan fingerprint density at radius 3 is 2.57 bits per heavy atom. The molecule has 0 radical (unpaired) electrons. The molecule has 12 heteroatoms. The van der Waals surface area contributed by atoms with Gasteiger partial charge in [0.15, 0.2) is 17.0 Å². The van der Waals surface area contributed by atoms with E-state index in [9.17, 15) is 4.79 Å². The van der Waals surface area contributed by atoms with Crippen molar-refractivity contribution in [2.24, 2.45) is 7.05 Å². The summed E-state index contributed by atoms with van der Waals surface area (Å²) < 4.78 is 35.2. The Morgan fingerprint density at radius 1 is 1.02 bits per heavy atom. The molecule has 2 bridgehead atoms. The molecule has 236 valence electrons. The van der Waals surface area contributed by atoms with Crippen LogP contribution in [0.5, 0.6) is 5.88 Å². The number of aromatic nitrogens is 5. The number of likely N-dealkylation sites (N-methyl/N-ethyl adjacent to an activating group) is 1. The Bertz CT molecular complexity index is 1680. The van der Waals surface area contributed by atoms with Gasteiger partial charge in [-0.2, -0.15) is 4.98 Å². The van der Waals surface area contributed by atoms with Crippen molar-refractivity contribution in [2.45, 2.75) is 113 Å². The second kappa shape index (κ2) is 9.60. The molecule has 6 fully saturated rings. The normalized spacial score (nSPS) is 33.3. The van der Waals surface area contributed by atoms with E-state index in [1.54, 1.807) is 11.6 Å². The smallest absolute Gasteiger partial charge is 0.330 e. The summed E-state index contributed by atoms with van der Waals surface area (Å²) in [5, 5.41) is 4.76. The number of rotatable bonds is 5. The molecule has 4 aliphatic heterocycles. The lowest BCUT2D eigenvalue weighted by atomic mass is 9.61. The zero-order valence-corrected chi connectivity index (χ0v) is 26.0. The molecule has 44 heavy (non-hydrogen) atoms. The quantitative estimate of drug-likeness (QED) is 0.427. The highest BCUT2D eigenvalue weighted by Crippen LogP contribution is 2.57. The first-order chi connectivity index (χ1) is 21.3. The molecule has 4 saturated heterocycles. The van der Waals surface area contributed by atoms with E-state index in [0.717, 1.165) is 88.4 Å². The van der Waals surface area contributed by atoms with E-state index >= 15 is 0 Å². The molecule has 0 N–H and O–H groups in total. The van der Waals surface area contributed by atoms with Gasteiger partial charge in [0.2, 0.25) is 17.5 Å². The summed E-state index contributed by atoms with van der Waals surface area (Å²) in [6.07, 6.45) is 10.6. The Hall–Kier alpha value is -2.80. The maximum absolute atomic E-state index is 13.9. The number of hydrogen-bond acceptors (Lipinski definition) is 10. The molecule has 3 atom stereocenters. The maximum atomic E-state index is 13.9. The highest BCUT2D eigenvalue weighted by Gasteiger charge is 2.61. The van der Waals surface area contributed by atoms with Crippen LogP contribution in [0.15, 0.2) is 9.32 Å². The van der Waals surface area contributed by atoms with Crippen molar-refractivity contribution in [1.29, 1.82) is 0 Å². The molecule has 0 aromatic carbocycles. The van der Waals surface area contributed by atoms with Gasteiger partial charge in [-0.1, -0.05) is 11.6 Å². The minimum Gasteiger partial charge on any atom is -0.471 e. The van der Waals surface area contributed by atoms with E-state index in [1.165, 1.54) is 0 Å². The Labute approximate surface area is 256 Å². The van der Waals surface area contributed by atoms with Crippen LogP contribution in [0.25, 0.3) is 22.7 Å². The first-order valence-corrected chi connectivity index (χ1v) is 16.6. The summed E-state index contributed by atoms with van der Waals surface area (Å²) in [6.45, 7) is 4.86. The predicted octanol–water partition coefficient (Wildman–Crippen LogP) is 3.43. The van der Waals surface area contributed by atoms with Crippen LogP contribution in [-0.4, -0.2) is 86.6 Å². The summed E-state index contributed by atoms with van der Waals surface area (Å²) in [4.78, 5) is 26.4. The maximum Gasteiger partial charge on any atom is 0.330 e. The first-order valence-electron chi connectivity index (χ1n) is 16.6. The highest BCUT2D eigenvalue weighted by molar-refractivity contribution is 5.80. The van der Waals surface area contributed by atoms with E-state index in [0.29, 0.717) is 48.4 Å². The third-order valence-electron chi connectivity index (χ3n) is 11.9. The first kappa shape index (κ1) is 27.5. The number of nitrogens with zero attached hydrogens (tertiary/aromatic N) is 6. The molecule has 2 spiro atoms. The third kappa shape index (κ3) is 3.59. The number of ether oxygens (including phenoxy) is 4. The largest absolute Gasteiger partial charge is 0.471 e. The average molecular weight is 607 g/mol. The van der Waals surface area contributed by atoms with Gasteiger partial charge in [-0.05, 0) is 78.3 Å². The summed E-state index contributed by atoms with van der Waals surface area (Å²) in [6, 6.07) is 0.267. The topological polar surface area (TPSA) is 119 Å². The van der Waals surface area contributed by atoms with E-state index in [1.807, 2.05) is 4.57 Å². The number of imidazole rings is 1.